The van der Waals surface area contributed by atoms with Gasteiger partial charge in [0.15, 0.2) is 0 Å². The normalized spacial score (nSPS) is 10.7. The van der Waals surface area contributed by atoms with Gasteiger partial charge in [0.2, 0.25) is 0 Å². The lowest BCUT2D eigenvalue weighted by Gasteiger charge is -2.02. The third-order valence-electron chi connectivity index (χ3n) is 2.32. The lowest BCUT2D eigenvalue weighted by Crippen LogP contribution is -1.90. The highest BCUT2D eigenvalue weighted by Gasteiger charge is 2.08. The van der Waals surface area contributed by atoms with Crippen molar-refractivity contribution in [2.45, 2.75) is 6.92 Å². The van der Waals surface area contributed by atoms with Crippen LogP contribution in [0, 0.1) is 18.6 Å². The Morgan fingerprint density at radius 1 is 1.13 bits per heavy atom. The van der Waals surface area contributed by atoms with Gasteiger partial charge in [-0.15, -0.1) is 0 Å². The van der Waals surface area contributed by atoms with Gasteiger partial charge in [0.1, 0.15) is 11.6 Å². The number of aromatic nitrogens is 2. The molecule has 1 heterocycles. The summed E-state index contributed by atoms with van der Waals surface area (Å²) in [4.78, 5) is 0. The average Bonchev–Trinajstić information content (AvgIpc) is 2.60. The molecule has 0 fully saturated rings. The summed E-state index contributed by atoms with van der Waals surface area (Å²) in [5.41, 5.74) is 1.25. The molecule has 0 aliphatic carbocycles. The predicted octanol–water partition coefficient (Wildman–Crippen LogP) is 2.67. The van der Waals surface area contributed by atoms with E-state index in [2.05, 4.69) is 5.10 Å². The molecule has 1 aromatic heterocycles. The first-order valence-corrected chi connectivity index (χ1v) is 4.52. The van der Waals surface area contributed by atoms with E-state index < -0.39 is 11.6 Å². The average molecular weight is 208 g/mol. The summed E-state index contributed by atoms with van der Waals surface area (Å²) in [5, 5.41) is 3.95. The van der Waals surface area contributed by atoms with E-state index in [1.165, 1.54) is 19.1 Å². The van der Waals surface area contributed by atoms with Gasteiger partial charge in [-0.2, -0.15) is 5.10 Å². The Balaban J connectivity index is 2.55. The van der Waals surface area contributed by atoms with E-state index in [-0.39, 0.29) is 5.56 Å². The Labute approximate surface area is 86.2 Å². The molecule has 0 radical (unpaired) electrons. The van der Waals surface area contributed by atoms with E-state index >= 15 is 0 Å². The number of benzene rings is 1. The number of hydrogen-bond donors (Lipinski definition) is 0. The minimum Gasteiger partial charge on any atom is -0.275 e. The van der Waals surface area contributed by atoms with Gasteiger partial charge in [0.25, 0.3) is 0 Å². The van der Waals surface area contributed by atoms with Gasteiger partial charge in [-0.1, -0.05) is 0 Å². The third kappa shape index (κ3) is 1.75. The summed E-state index contributed by atoms with van der Waals surface area (Å²) in [6.07, 6.45) is 3.28. The van der Waals surface area contributed by atoms with Gasteiger partial charge >= 0.3 is 0 Å². The molecule has 0 aliphatic rings. The van der Waals surface area contributed by atoms with Gasteiger partial charge in [-0.25, -0.2) is 8.78 Å². The Morgan fingerprint density at radius 2 is 1.73 bits per heavy atom. The summed E-state index contributed by atoms with van der Waals surface area (Å²) in [6.45, 7) is 1.41. The van der Waals surface area contributed by atoms with Crippen LogP contribution in [0.3, 0.4) is 0 Å². The molecule has 0 N–H and O–H groups in total. The minimum absolute atomic E-state index is 0.0441. The molecule has 0 spiro atoms. The van der Waals surface area contributed by atoms with Crippen LogP contribution in [0.25, 0.3) is 11.1 Å². The van der Waals surface area contributed by atoms with Crippen LogP contribution in [0.5, 0.6) is 0 Å². The fourth-order valence-corrected chi connectivity index (χ4v) is 1.38. The summed E-state index contributed by atoms with van der Waals surface area (Å²) in [6, 6.07) is 2.63. The van der Waals surface area contributed by atoms with E-state index in [1.54, 1.807) is 24.1 Å². The highest BCUT2D eigenvalue weighted by molar-refractivity contribution is 5.62. The van der Waals surface area contributed by atoms with Crippen molar-refractivity contribution in [1.82, 2.24) is 9.78 Å². The largest absolute Gasteiger partial charge is 0.275 e. The predicted molar refractivity (Wildman–Crippen MR) is 53.3 cm³/mol. The fourth-order valence-electron chi connectivity index (χ4n) is 1.38. The van der Waals surface area contributed by atoms with E-state index in [1.807, 2.05) is 0 Å². The molecular formula is C11H10F2N2. The number of hydrogen-bond acceptors (Lipinski definition) is 1. The van der Waals surface area contributed by atoms with Gasteiger partial charge in [-0.3, -0.25) is 4.68 Å². The lowest BCUT2D eigenvalue weighted by molar-refractivity contribution is 0.569. The van der Waals surface area contributed by atoms with Crippen molar-refractivity contribution < 1.29 is 8.78 Å². The van der Waals surface area contributed by atoms with E-state index in [0.29, 0.717) is 11.1 Å². The molecule has 0 unspecified atom stereocenters. The zero-order valence-corrected chi connectivity index (χ0v) is 8.46. The topological polar surface area (TPSA) is 17.8 Å². The molecule has 2 aromatic rings. The molecule has 2 nitrogen and oxygen atoms in total. The number of rotatable bonds is 1. The van der Waals surface area contributed by atoms with Crippen molar-refractivity contribution in [3.8, 4) is 11.1 Å². The molecule has 0 saturated heterocycles. The van der Waals surface area contributed by atoms with Crippen LogP contribution in [-0.4, -0.2) is 9.78 Å². The van der Waals surface area contributed by atoms with Crippen LogP contribution in [-0.2, 0) is 7.05 Å². The number of nitrogens with zero attached hydrogens (tertiary/aromatic N) is 2. The Kier molecular flexibility index (Phi) is 2.26. The number of halogens is 2. The van der Waals surface area contributed by atoms with E-state index in [0.717, 1.165) is 0 Å². The van der Waals surface area contributed by atoms with Crippen LogP contribution in [0.2, 0.25) is 0 Å². The first kappa shape index (κ1) is 9.83. The second-order valence-corrected chi connectivity index (χ2v) is 3.47. The molecular weight excluding hydrogens is 198 g/mol. The molecule has 0 bridgehead atoms. The monoisotopic (exact) mass is 208 g/mol. The van der Waals surface area contributed by atoms with Gasteiger partial charge in [0, 0.05) is 24.4 Å². The van der Waals surface area contributed by atoms with Gasteiger partial charge in [-0.05, 0) is 24.6 Å². The molecule has 0 atom stereocenters. The third-order valence-corrected chi connectivity index (χ3v) is 2.32. The summed E-state index contributed by atoms with van der Waals surface area (Å²) in [7, 11) is 1.75. The maximum Gasteiger partial charge on any atom is 0.129 e. The smallest absolute Gasteiger partial charge is 0.129 e. The molecule has 1 aromatic carbocycles. The van der Waals surface area contributed by atoms with Crippen LogP contribution in [0.1, 0.15) is 5.56 Å². The molecule has 2 rings (SSSR count). The van der Waals surface area contributed by atoms with Crippen molar-refractivity contribution in [1.29, 1.82) is 0 Å². The minimum atomic E-state index is -0.533. The van der Waals surface area contributed by atoms with Crippen molar-refractivity contribution in [3.63, 3.8) is 0 Å². The Morgan fingerprint density at radius 3 is 2.20 bits per heavy atom. The fraction of sp³-hybridized carbons (Fsp3) is 0.182. The summed E-state index contributed by atoms with van der Waals surface area (Å²) in [5.74, 6) is -1.07. The van der Waals surface area contributed by atoms with Crippen LogP contribution >= 0.6 is 0 Å². The number of aryl methyl sites for hydroxylation is 1. The van der Waals surface area contributed by atoms with Crippen LogP contribution in [0.4, 0.5) is 8.78 Å². The Hall–Kier alpha value is -1.71. The standard InChI is InChI=1S/C11H10F2N2/c1-7-10(12)3-8(4-11(7)13)9-5-14-15(2)6-9/h3-6H,1-2H3. The van der Waals surface area contributed by atoms with Gasteiger partial charge < -0.3 is 0 Å². The second-order valence-electron chi connectivity index (χ2n) is 3.47. The van der Waals surface area contributed by atoms with Crippen LogP contribution < -0.4 is 0 Å². The van der Waals surface area contributed by atoms with E-state index in [4.69, 9.17) is 0 Å². The molecule has 0 saturated carbocycles. The highest BCUT2D eigenvalue weighted by atomic mass is 19.1. The first-order chi connectivity index (χ1) is 7.08. The molecule has 4 heteroatoms. The molecule has 0 aliphatic heterocycles. The second kappa shape index (κ2) is 3.46. The Bertz CT molecular complexity index is 480. The zero-order valence-electron chi connectivity index (χ0n) is 8.46. The molecule has 0 amide bonds. The maximum absolute atomic E-state index is 13.3. The quantitative estimate of drug-likeness (QED) is 0.704. The zero-order chi connectivity index (χ0) is 11.0. The van der Waals surface area contributed by atoms with Crippen molar-refractivity contribution in [2.75, 3.05) is 0 Å². The SMILES string of the molecule is Cc1c(F)cc(-c2cnn(C)c2)cc1F. The summed E-state index contributed by atoms with van der Waals surface area (Å²) >= 11 is 0. The van der Waals surface area contributed by atoms with Crippen LogP contribution in [0.15, 0.2) is 24.5 Å². The van der Waals surface area contributed by atoms with Crippen molar-refractivity contribution in [3.05, 3.63) is 41.7 Å². The van der Waals surface area contributed by atoms with Gasteiger partial charge in [0.05, 0.1) is 6.20 Å². The first-order valence-electron chi connectivity index (χ1n) is 4.52. The van der Waals surface area contributed by atoms with Crippen molar-refractivity contribution in [2.24, 2.45) is 7.05 Å². The highest BCUT2D eigenvalue weighted by Crippen LogP contribution is 2.23. The van der Waals surface area contributed by atoms with E-state index in [9.17, 15) is 8.78 Å². The molecule has 15 heavy (non-hydrogen) atoms. The molecule has 78 valence electrons. The van der Waals surface area contributed by atoms with Crippen molar-refractivity contribution >= 4 is 0 Å². The maximum atomic E-state index is 13.3. The summed E-state index contributed by atoms with van der Waals surface area (Å²) < 4.78 is 28.1. The lowest BCUT2D eigenvalue weighted by atomic mass is 10.1.